The van der Waals surface area contributed by atoms with Gasteiger partial charge in [-0.15, -0.1) is 11.3 Å². The molecule has 0 fully saturated rings. The second kappa shape index (κ2) is 4.97. The quantitative estimate of drug-likeness (QED) is 0.890. The topological polar surface area (TPSA) is 79.3 Å². The van der Waals surface area contributed by atoms with Gasteiger partial charge in [-0.25, -0.2) is 9.78 Å². The maximum atomic E-state index is 11.9. The first kappa shape index (κ1) is 12.3. The first-order chi connectivity index (χ1) is 8.59. The molecule has 0 bridgehead atoms. The Hall–Kier alpha value is -2.21. The second-order valence-corrected chi connectivity index (χ2v) is 4.43. The van der Waals surface area contributed by atoms with Crippen molar-refractivity contribution in [2.45, 2.75) is 6.92 Å². The van der Waals surface area contributed by atoms with Crippen molar-refractivity contribution in [2.75, 3.05) is 5.32 Å². The van der Waals surface area contributed by atoms with Crippen LogP contribution < -0.4 is 5.32 Å². The third kappa shape index (κ3) is 2.38. The van der Waals surface area contributed by atoms with E-state index in [0.29, 0.717) is 10.6 Å². The molecule has 0 saturated carbocycles. The molecule has 18 heavy (non-hydrogen) atoms. The fourth-order valence-electron chi connectivity index (χ4n) is 1.48. The summed E-state index contributed by atoms with van der Waals surface area (Å²) in [6.45, 7) is 1.73. The number of hydrogen-bond acceptors (Lipinski definition) is 4. The lowest BCUT2D eigenvalue weighted by Crippen LogP contribution is -2.14. The predicted octanol–water partition coefficient (Wildman–Crippen LogP) is 2.40. The summed E-state index contributed by atoms with van der Waals surface area (Å²) in [6, 6.07) is 6.27. The highest BCUT2D eigenvalue weighted by Crippen LogP contribution is 2.18. The van der Waals surface area contributed by atoms with E-state index in [2.05, 4.69) is 10.3 Å². The van der Waals surface area contributed by atoms with Crippen LogP contribution in [0.1, 0.15) is 25.7 Å². The van der Waals surface area contributed by atoms with Crippen molar-refractivity contribution in [1.82, 2.24) is 4.98 Å². The molecule has 0 unspecified atom stereocenters. The molecular weight excluding hydrogens is 252 g/mol. The summed E-state index contributed by atoms with van der Waals surface area (Å²) in [4.78, 5) is 27.4. The molecule has 0 aliphatic carbocycles. The van der Waals surface area contributed by atoms with Crippen molar-refractivity contribution < 1.29 is 14.7 Å². The molecule has 0 spiro atoms. The fraction of sp³-hybridized carbons (Fsp3) is 0.0833. The molecule has 2 aromatic rings. The minimum atomic E-state index is -1.08. The van der Waals surface area contributed by atoms with Crippen molar-refractivity contribution in [1.29, 1.82) is 0 Å². The van der Waals surface area contributed by atoms with Gasteiger partial charge < -0.3 is 10.4 Å². The number of thiazole rings is 1. The van der Waals surface area contributed by atoms with Gasteiger partial charge in [0, 0.05) is 0 Å². The number of carbonyl (C=O) groups excluding carboxylic acids is 1. The highest BCUT2D eigenvalue weighted by atomic mass is 32.1. The number of carboxylic acids is 1. The van der Waals surface area contributed by atoms with Gasteiger partial charge in [-0.05, 0) is 19.1 Å². The molecule has 0 atom stereocenters. The maximum Gasteiger partial charge on any atom is 0.337 e. The summed E-state index contributed by atoms with van der Waals surface area (Å²) >= 11 is 1.22. The van der Waals surface area contributed by atoms with Crippen LogP contribution in [0.2, 0.25) is 0 Å². The first-order valence-electron chi connectivity index (χ1n) is 5.13. The van der Waals surface area contributed by atoms with E-state index in [-0.39, 0.29) is 17.2 Å². The molecule has 0 radical (unpaired) electrons. The molecule has 5 nitrogen and oxygen atoms in total. The SMILES string of the molecule is Cc1ncsc1C(=O)Nc1ccccc1C(=O)O. The van der Waals surface area contributed by atoms with Crippen molar-refractivity contribution >= 4 is 28.9 Å². The Morgan fingerprint density at radius 1 is 1.33 bits per heavy atom. The molecule has 0 aliphatic heterocycles. The number of hydrogen-bond donors (Lipinski definition) is 2. The minimum absolute atomic E-state index is 0.0630. The van der Waals surface area contributed by atoms with Crippen molar-refractivity contribution in [3.63, 3.8) is 0 Å². The fourth-order valence-corrected chi connectivity index (χ4v) is 2.18. The number of benzene rings is 1. The van der Waals surface area contributed by atoms with Gasteiger partial charge in [-0.3, -0.25) is 4.79 Å². The normalized spacial score (nSPS) is 10.1. The third-order valence-electron chi connectivity index (χ3n) is 2.36. The highest BCUT2D eigenvalue weighted by Gasteiger charge is 2.15. The molecule has 1 aromatic carbocycles. The van der Waals surface area contributed by atoms with E-state index in [0.717, 1.165) is 0 Å². The summed E-state index contributed by atoms with van der Waals surface area (Å²) < 4.78 is 0. The lowest BCUT2D eigenvalue weighted by atomic mass is 10.2. The van der Waals surface area contributed by atoms with Gasteiger partial charge in [0.15, 0.2) is 0 Å². The van der Waals surface area contributed by atoms with Crippen LogP contribution >= 0.6 is 11.3 Å². The largest absolute Gasteiger partial charge is 0.478 e. The molecule has 2 N–H and O–H groups in total. The van der Waals surface area contributed by atoms with E-state index >= 15 is 0 Å². The minimum Gasteiger partial charge on any atom is -0.478 e. The van der Waals surface area contributed by atoms with Gasteiger partial charge in [-0.1, -0.05) is 12.1 Å². The van der Waals surface area contributed by atoms with Gasteiger partial charge in [0.1, 0.15) is 4.88 Å². The lowest BCUT2D eigenvalue weighted by molar-refractivity contribution is 0.0698. The zero-order valence-electron chi connectivity index (χ0n) is 9.51. The number of nitrogens with one attached hydrogen (secondary N) is 1. The molecular formula is C12H10N2O3S. The van der Waals surface area contributed by atoms with Crippen LogP contribution in [0.15, 0.2) is 29.8 Å². The van der Waals surface area contributed by atoms with Crippen LogP contribution in [0.25, 0.3) is 0 Å². The van der Waals surface area contributed by atoms with Crippen LogP contribution in [0.4, 0.5) is 5.69 Å². The molecule has 0 saturated heterocycles. The number of anilines is 1. The van der Waals surface area contributed by atoms with E-state index < -0.39 is 5.97 Å². The number of nitrogens with zero attached hydrogens (tertiary/aromatic N) is 1. The van der Waals surface area contributed by atoms with Crippen LogP contribution in [0.5, 0.6) is 0 Å². The highest BCUT2D eigenvalue weighted by molar-refractivity contribution is 7.12. The monoisotopic (exact) mass is 262 g/mol. The van der Waals surface area contributed by atoms with Crippen LogP contribution in [-0.2, 0) is 0 Å². The number of para-hydroxylation sites is 1. The molecule has 6 heteroatoms. The summed E-state index contributed by atoms with van der Waals surface area (Å²) in [5.74, 6) is -1.42. The Labute approximate surface area is 107 Å². The van der Waals surface area contributed by atoms with E-state index in [1.807, 2.05) is 0 Å². The Balaban J connectivity index is 2.28. The lowest BCUT2D eigenvalue weighted by Gasteiger charge is -2.07. The summed E-state index contributed by atoms with van der Waals surface area (Å²) in [5.41, 5.74) is 2.55. The summed E-state index contributed by atoms with van der Waals surface area (Å²) in [5, 5.41) is 11.6. The number of carbonyl (C=O) groups is 2. The van der Waals surface area contributed by atoms with Gasteiger partial charge in [0.2, 0.25) is 0 Å². The number of aromatic nitrogens is 1. The standard InChI is InChI=1S/C12H10N2O3S/c1-7-10(18-6-13-7)11(15)14-9-5-3-2-4-8(9)12(16)17/h2-6H,1H3,(H,14,15)(H,16,17). The van der Waals surface area contributed by atoms with Gasteiger partial charge in [0.05, 0.1) is 22.5 Å². The van der Waals surface area contributed by atoms with E-state index in [4.69, 9.17) is 5.11 Å². The number of aromatic carboxylic acids is 1. The summed E-state index contributed by atoms with van der Waals surface area (Å²) in [6.07, 6.45) is 0. The Morgan fingerprint density at radius 3 is 2.67 bits per heavy atom. The van der Waals surface area contributed by atoms with E-state index in [9.17, 15) is 9.59 Å². The Kier molecular flexibility index (Phi) is 3.38. The van der Waals surface area contributed by atoms with E-state index in [1.165, 1.54) is 17.4 Å². The first-order valence-corrected chi connectivity index (χ1v) is 6.01. The van der Waals surface area contributed by atoms with Gasteiger partial charge in [0.25, 0.3) is 5.91 Å². The Morgan fingerprint density at radius 2 is 2.06 bits per heavy atom. The third-order valence-corrected chi connectivity index (χ3v) is 3.28. The van der Waals surface area contributed by atoms with Gasteiger partial charge in [-0.2, -0.15) is 0 Å². The van der Waals surface area contributed by atoms with Gasteiger partial charge >= 0.3 is 5.97 Å². The number of rotatable bonds is 3. The second-order valence-electron chi connectivity index (χ2n) is 3.57. The van der Waals surface area contributed by atoms with E-state index in [1.54, 1.807) is 30.6 Å². The molecule has 2 rings (SSSR count). The number of amides is 1. The average Bonchev–Trinajstić information content (AvgIpc) is 2.76. The zero-order chi connectivity index (χ0) is 13.1. The molecule has 1 aromatic heterocycles. The van der Waals surface area contributed by atoms with Crippen molar-refractivity contribution in [2.24, 2.45) is 0 Å². The number of carboxylic acid groups (broad SMARTS) is 1. The summed E-state index contributed by atoms with van der Waals surface area (Å²) in [7, 11) is 0. The molecule has 0 aliphatic rings. The number of aryl methyl sites for hydroxylation is 1. The maximum absolute atomic E-state index is 11.9. The zero-order valence-corrected chi connectivity index (χ0v) is 10.3. The molecule has 1 amide bonds. The molecule has 92 valence electrons. The Bertz CT molecular complexity index is 607. The predicted molar refractivity (Wildman–Crippen MR) is 68.2 cm³/mol. The van der Waals surface area contributed by atoms with Crippen molar-refractivity contribution in [3.8, 4) is 0 Å². The average molecular weight is 262 g/mol. The molecule has 1 heterocycles. The van der Waals surface area contributed by atoms with Crippen molar-refractivity contribution in [3.05, 3.63) is 45.9 Å². The van der Waals surface area contributed by atoms with Crippen LogP contribution in [0.3, 0.4) is 0 Å². The van der Waals surface area contributed by atoms with Crippen LogP contribution in [-0.4, -0.2) is 22.0 Å². The smallest absolute Gasteiger partial charge is 0.337 e. The van der Waals surface area contributed by atoms with Crippen LogP contribution in [0, 0.1) is 6.92 Å².